The van der Waals surface area contributed by atoms with Gasteiger partial charge in [-0.05, 0) is 54.8 Å². The van der Waals surface area contributed by atoms with Crippen LogP contribution in [-0.4, -0.2) is 37.6 Å². The van der Waals surface area contributed by atoms with Gasteiger partial charge < -0.3 is 10.1 Å². The van der Waals surface area contributed by atoms with Gasteiger partial charge in [0.15, 0.2) is 0 Å². The zero-order valence-corrected chi connectivity index (χ0v) is 24.1. The number of thiocarbonyl (C=S) groups is 1. The lowest BCUT2D eigenvalue weighted by molar-refractivity contribution is -0.122. The molecule has 1 atom stereocenters. The Bertz CT molecular complexity index is 1340. The molecular formula is C28H23Cl3N2O3S2. The fraction of sp³-hybridized carbons (Fsp3) is 0.179. The zero-order chi connectivity index (χ0) is 27.3. The Kier molecular flexibility index (Phi) is 9.39. The van der Waals surface area contributed by atoms with Crippen LogP contribution in [0.3, 0.4) is 0 Å². The van der Waals surface area contributed by atoms with Gasteiger partial charge in [0.2, 0.25) is 10.0 Å². The first-order chi connectivity index (χ1) is 18.1. The number of ether oxygens (including phenoxy) is 1. The molecule has 0 aromatic heterocycles. The minimum absolute atomic E-state index is 0.119. The molecule has 10 heteroatoms. The number of halogens is 3. The van der Waals surface area contributed by atoms with Gasteiger partial charge in [-0.3, -0.25) is 14.5 Å². The predicted molar refractivity (Wildman–Crippen MR) is 160 cm³/mol. The van der Waals surface area contributed by atoms with Crippen molar-refractivity contribution in [3.05, 3.63) is 106 Å². The zero-order valence-electron chi connectivity index (χ0n) is 20.2. The number of nitrogens with one attached hydrogen (secondary N) is 1. The normalized spacial score (nSPS) is 15.6. The number of rotatable bonds is 8. The molecule has 2 amide bonds. The Balaban J connectivity index is 1.40. The summed E-state index contributed by atoms with van der Waals surface area (Å²) in [5.74, 6) is -0.184. The van der Waals surface area contributed by atoms with Gasteiger partial charge in [0.25, 0.3) is 11.8 Å². The number of carbonyl (C=O) groups excluding carboxylic acids is 2. The molecule has 0 aliphatic carbocycles. The largest absolute Gasteiger partial charge is 0.466 e. The summed E-state index contributed by atoms with van der Waals surface area (Å²) >= 11 is 25.0. The van der Waals surface area contributed by atoms with Crippen molar-refractivity contribution in [2.75, 3.05) is 6.54 Å². The van der Waals surface area contributed by atoms with E-state index in [9.17, 15) is 9.59 Å². The van der Waals surface area contributed by atoms with Gasteiger partial charge in [0, 0.05) is 12.1 Å². The summed E-state index contributed by atoms with van der Waals surface area (Å²) in [6, 6.07) is 23.8. The SMILES string of the molecule is Cc1ccc(C(=O)NC(Oc2ccc(/C=C3\SC(=S)N(CCc4ccccc4)C3=O)cc2)C(Cl)(Cl)Cl)cc1. The van der Waals surface area contributed by atoms with Gasteiger partial charge in [-0.1, -0.05) is 119 Å². The molecule has 1 aliphatic rings. The Hall–Kier alpha value is -2.55. The number of hydrogen-bond acceptors (Lipinski definition) is 5. The van der Waals surface area contributed by atoms with Crippen LogP contribution in [0.2, 0.25) is 0 Å². The molecule has 1 N–H and O–H groups in total. The third kappa shape index (κ3) is 7.52. The number of amides is 2. The fourth-order valence-corrected chi connectivity index (χ4v) is 5.20. The van der Waals surface area contributed by atoms with Gasteiger partial charge in [0.1, 0.15) is 10.1 Å². The van der Waals surface area contributed by atoms with Crippen LogP contribution in [0, 0.1) is 6.92 Å². The summed E-state index contributed by atoms with van der Waals surface area (Å²) in [4.78, 5) is 27.7. The van der Waals surface area contributed by atoms with Crippen molar-refractivity contribution in [3.8, 4) is 5.75 Å². The van der Waals surface area contributed by atoms with E-state index in [4.69, 9.17) is 51.8 Å². The minimum atomic E-state index is -1.92. The Labute approximate surface area is 246 Å². The third-order valence-electron chi connectivity index (χ3n) is 5.65. The molecule has 38 heavy (non-hydrogen) atoms. The summed E-state index contributed by atoms with van der Waals surface area (Å²) in [6.45, 7) is 2.44. The standard InChI is InChI=1S/C28H23Cl3N2O3S2/c1-18-7-11-21(12-8-18)24(34)32-26(28(29,30)31)36-22-13-9-20(10-14-22)17-23-25(35)33(27(37)38-23)16-15-19-5-3-2-4-6-19/h2-14,17,26H,15-16H2,1H3,(H,32,34)/b23-17-. The molecule has 0 spiro atoms. The van der Waals surface area contributed by atoms with Crippen molar-refractivity contribution >= 4 is 81.0 Å². The first-order valence-electron chi connectivity index (χ1n) is 11.6. The molecule has 3 aromatic carbocycles. The molecule has 0 saturated carbocycles. The van der Waals surface area contributed by atoms with Crippen LogP contribution >= 0.6 is 58.8 Å². The second-order valence-corrected chi connectivity index (χ2v) is 12.6. The van der Waals surface area contributed by atoms with E-state index in [2.05, 4.69) is 5.32 Å². The van der Waals surface area contributed by atoms with Gasteiger partial charge in [0.05, 0.1) is 4.91 Å². The van der Waals surface area contributed by atoms with Crippen LogP contribution in [0.15, 0.2) is 83.8 Å². The highest BCUT2D eigenvalue weighted by Gasteiger charge is 2.36. The summed E-state index contributed by atoms with van der Waals surface area (Å²) in [7, 11) is 0. The molecule has 0 bridgehead atoms. The van der Waals surface area contributed by atoms with Crippen LogP contribution in [0.4, 0.5) is 0 Å². The van der Waals surface area contributed by atoms with E-state index < -0.39 is 15.9 Å². The average Bonchev–Trinajstić information content (AvgIpc) is 3.15. The molecule has 1 fully saturated rings. The summed E-state index contributed by atoms with van der Waals surface area (Å²) in [5.41, 5.74) is 3.35. The lowest BCUT2D eigenvalue weighted by Gasteiger charge is -2.26. The van der Waals surface area contributed by atoms with Crippen molar-refractivity contribution < 1.29 is 14.3 Å². The maximum absolute atomic E-state index is 12.9. The van der Waals surface area contributed by atoms with Crippen LogP contribution < -0.4 is 10.1 Å². The van der Waals surface area contributed by atoms with Crippen molar-refractivity contribution in [1.29, 1.82) is 0 Å². The van der Waals surface area contributed by atoms with Gasteiger partial charge >= 0.3 is 0 Å². The molecule has 1 heterocycles. The number of thioether (sulfide) groups is 1. The van der Waals surface area contributed by atoms with E-state index in [1.807, 2.05) is 49.4 Å². The smallest absolute Gasteiger partial charge is 0.266 e. The number of aryl methyl sites for hydroxylation is 1. The second kappa shape index (κ2) is 12.5. The molecule has 1 unspecified atom stereocenters. The van der Waals surface area contributed by atoms with E-state index in [1.54, 1.807) is 47.4 Å². The monoisotopic (exact) mass is 604 g/mol. The number of nitrogens with zero attached hydrogens (tertiary/aromatic N) is 1. The fourth-order valence-electron chi connectivity index (χ4n) is 3.59. The van der Waals surface area contributed by atoms with Crippen molar-refractivity contribution in [1.82, 2.24) is 10.2 Å². The Morgan fingerprint density at radius 3 is 2.34 bits per heavy atom. The highest BCUT2D eigenvalue weighted by molar-refractivity contribution is 8.26. The van der Waals surface area contributed by atoms with Crippen molar-refractivity contribution in [2.24, 2.45) is 0 Å². The molecule has 1 aliphatic heterocycles. The second-order valence-electron chi connectivity index (χ2n) is 8.52. The first kappa shape index (κ1) is 28.5. The van der Waals surface area contributed by atoms with Gasteiger partial charge in [-0.2, -0.15) is 0 Å². The average molecular weight is 606 g/mol. The van der Waals surface area contributed by atoms with Crippen LogP contribution in [-0.2, 0) is 11.2 Å². The minimum Gasteiger partial charge on any atom is -0.466 e. The van der Waals surface area contributed by atoms with Gasteiger partial charge in [-0.25, -0.2) is 0 Å². The number of alkyl halides is 3. The van der Waals surface area contributed by atoms with E-state index in [-0.39, 0.29) is 5.91 Å². The maximum atomic E-state index is 12.9. The molecular weight excluding hydrogens is 583 g/mol. The topological polar surface area (TPSA) is 58.6 Å². The lowest BCUT2D eigenvalue weighted by atomic mass is 10.1. The van der Waals surface area contributed by atoms with E-state index >= 15 is 0 Å². The quantitative estimate of drug-likeness (QED) is 0.130. The van der Waals surface area contributed by atoms with Crippen LogP contribution in [0.25, 0.3) is 6.08 Å². The maximum Gasteiger partial charge on any atom is 0.266 e. The molecule has 0 radical (unpaired) electrons. The van der Waals surface area contributed by atoms with E-state index in [0.29, 0.717) is 27.1 Å². The van der Waals surface area contributed by atoms with Crippen molar-refractivity contribution in [2.45, 2.75) is 23.4 Å². The van der Waals surface area contributed by atoms with Gasteiger partial charge in [-0.15, -0.1) is 0 Å². The highest BCUT2D eigenvalue weighted by atomic mass is 35.6. The molecule has 3 aromatic rings. The molecule has 5 nitrogen and oxygen atoms in total. The molecule has 1 saturated heterocycles. The van der Waals surface area contributed by atoms with E-state index in [0.717, 1.165) is 23.1 Å². The summed E-state index contributed by atoms with van der Waals surface area (Å²) < 4.78 is 4.41. The Morgan fingerprint density at radius 2 is 1.71 bits per heavy atom. The van der Waals surface area contributed by atoms with Crippen LogP contribution in [0.5, 0.6) is 5.75 Å². The number of benzene rings is 3. The van der Waals surface area contributed by atoms with Crippen molar-refractivity contribution in [3.63, 3.8) is 0 Å². The third-order valence-corrected chi connectivity index (χ3v) is 7.62. The predicted octanol–water partition coefficient (Wildman–Crippen LogP) is 6.94. The summed E-state index contributed by atoms with van der Waals surface area (Å²) in [5, 5.41) is 2.62. The number of hydrogen-bond donors (Lipinski definition) is 1. The molecule has 4 rings (SSSR count). The number of carbonyl (C=O) groups is 2. The van der Waals surface area contributed by atoms with Crippen LogP contribution in [0.1, 0.15) is 27.0 Å². The molecule has 196 valence electrons. The summed E-state index contributed by atoms with van der Waals surface area (Å²) in [6.07, 6.45) is 1.25. The Morgan fingerprint density at radius 1 is 1.05 bits per heavy atom. The first-order valence-corrected chi connectivity index (χ1v) is 14.0. The van der Waals surface area contributed by atoms with E-state index in [1.165, 1.54) is 11.8 Å². The lowest BCUT2D eigenvalue weighted by Crippen LogP contribution is -2.47. The highest BCUT2D eigenvalue weighted by Crippen LogP contribution is 2.34.